The molecular formula is C11H11ClO4S. The molecule has 0 aliphatic carbocycles. The van der Waals surface area contributed by atoms with Crippen LogP contribution in [0.1, 0.15) is 12.5 Å². The van der Waals surface area contributed by atoms with Crippen LogP contribution in [-0.2, 0) is 10.5 Å². The standard InChI is InChI=1S/C11H11ClO4S/c1-6(11(13)14)17-4-7-2-8(12)10-9(3-7)15-5-16-10/h2-3,6H,4-5H2,1H3,(H,13,14). The molecule has 0 saturated heterocycles. The highest BCUT2D eigenvalue weighted by Crippen LogP contribution is 2.40. The molecule has 6 heteroatoms. The van der Waals surface area contributed by atoms with Crippen molar-refractivity contribution in [2.45, 2.75) is 17.9 Å². The van der Waals surface area contributed by atoms with Crippen molar-refractivity contribution in [1.29, 1.82) is 0 Å². The Kier molecular flexibility index (Phi) is 3.69. The van der Waals surface area contributed by atoms with Crippen LogP contribution in [0.4, 0.5) is 0 Å². The van der Waals surface area contributed by atoms with E-state index in [0.29, 0.717) is 22.3 Å². The Hall–Kier alpha value is -1.07. The summed E-state index contributed by atoms with van der Waals surface area (Å²) in [5.74, 6) is 0.939. The van der Waals surface area contributed by atoms with Gasteiger partial charge in [0.2, 0.25) is 6.79 Å². The molecule has 1 aromatic carbocycles. The first-order valence-corrected chi connectivity index (χ1v) is 6.43. The van der Waals surface area contributed by atoms with Crippen LogP contribution in [0.5, 0.6) is 11.5 Å². The van der Waals surface area contributed by atoms with Crippen LogP contribution in [0.2, 0.25) is 5.02 Å². The maximum absolute atomic E-state index is 10.7. The number of aliphatic carboxylic acids is 1. The minimum atomic E-state index is -0.818. The first-order valence-electron chi connectivity index (χ1n) is 5.00. The number of ether oxygens (including phenoxy) is 2. The summed E-state index contributed by atoms with van der Waals surface area (Å²) in [4.78, 5) is 10.7. The fraction of sp³-hybridized carbons (Fsp3) is 0.364. The molecule has 1 atom stereocenters. The van der Waals surface area contributed by atoms with Crippen molar-refractivity contribution in [2.75, 3.05) is 6.79 Å². The van der Waals surface area contributed by atoms with Gasteiger partial charge in [-0.05, 0) is 24.6 Å². The smallest absolute Gasteiger partial charge is 0.316 e. The van der Waals surface area contributed by atoms with Crippen molar-refractivity contribution in [1.82, 2.24) is 0 Å². The topological polar surface area (TPSA) is 55.8 Å². The van der Waals surface area contributed by atoms with Gasteiger partial charge in [0.15, 0.2) is 11.5 Å². The van der Waals surface area contributed by atoms with Gasteiger partial charge in [0, 0.05) is 5.75 Å². The van der Waals surface area contributed by atoms with E-state index < -0.39 is 11.2 Å². The number of halogens is 1. The highest BCUT2D eigenvalue weighted by Gasteiger charge is 2.19. The lowest BCUT2D eigenvalue weighted by atomic mass is 10.2. The zero-order chi connectivity index (χ0) is 12.4. The van der Waals surface area contributed by atoms with Crippen molar-refractivity contribution >= 4 is 29.3 Å². The Labute approximate surface area is 108 Å². The molecule has 0 fully saturated rings. The Morgan fingerprint density at radius 2 is 2.35 bits per heavy atom. The Bertz CT molecular complexity index is 449. The summed E-state index contributed by atoms with van der Waals surface area (Å²) in [5.41, 5.74) is 0.928. The lowest BCUT2D eigenvalue weighted by Crippen LogP contribution is -2.11. The number of carboxylic acids is 1. The van der Waals surface area contributed by atoms with E-state index in [1.54, 1.807) is 13.0 Å². The van der Waals surface area contributed by atoms with E-state index in [1.165, 1.54) is 11.8 Å². The molecule has 1 heterocycles. The summed E-state index contributed by atoms with van der Waals surface area (Å²) in [6.45, 7) is 1.83. The molecule has 17 heavy (non-hydrogen) atoms. The van der Waals surface area contributed by atoms with Crippen molar-refractivity contribution in [2.24, 2.45) is 0 Å². The summed E-state index contributed by atoms with van der Waals surface area (Å²) in [6.07, 6.45) is 0. The second-order valence-electron chi connectivity index (χ2n) is 3.60. The van der Waals surface area contributed by atoms with Gasteiger partial charge >= 0.3 is 5.97 Å². The third-order valence-corrected chi connectivity index (χ3v) is 3.82. The van der Waals surface area contributed by atoms with Crippen molar-refractivity contribution in [3.05, 3.63) is 22.7 Å². The van der Waals surface area contributed by atoms with E-state index >= 15 is 0 Å². The maximum atomic E-state index is 10.7. The second-order valence-corrected chi connectivity index (χ2v) is 5.34. The lowest BCUT2D eigenvalue weighted by molar-refractivity contribution is -0.136. The van der Waals surface area contributed by atoms with Crippen LogP contribution in [0.3, 0.4) is 0 Å². The van der Waals surface area contributed by atoms with Crippen LogP contribution in [0.15, 0.2) is 12.1 Å². The van der Waals surface area contributed by atoms with Crippen molar-refractivity contribution < 1.29 is 19.4 Å². The Morgan fingerprint density at radius 3 is 3.06 bits per heavy atom. The van der Waals surface area contributed by atoms with Gasteiger partial charge in [-0.25, -0.2) is 0 Å². The normalized spacial score (nSPS) is 14.7. The number of carboxylic acid groups (broad SMARTS) is 1. The number of thioether (sulfide) groups is 1. The largest absolute Gasteiger partial charge is 0.480 e. The zero-order valence-corrected chi connectivity index (χ0v) is 10.7. The van der Waals surface area contributed by atoms with E-state index in [9.17, 15) is 4.79 Å². The highest BCUT2D eigenvalue weighted by molar-refractivity contribution is 7.99. The van der Waals surface area contributed by atoms with Crippen LogP contribution >= 0.6 is 23.4 Å². The highest BCUT2D eigenvalue weighted by atomic mass is 35.5. The third kappa shape index (κ3) is 2.79. The molecule has 4 nitrogen and oxygen atoms in total. The first-order chi connectivity index (χ1) is 8.08. The number of rotatable bonds is 4. The molecule has 1 aromatic rings. The molecule has 0 amide bonds. The molecule has 1 aliphatic rings. The zero-order valence-electron chi connectivity index (χ0n) is 9.10. The third-order valence-electron chi connectivity index (χ3n) is 2.33. The quantitative estimate of drug-likeness (QED) is 0.915. The van der Waals surface area contributed by atoms with Gasteiger partial charge in [0.1, 0.15) is 0 Å². The van der Waals surface area contributed by atoms with Gasteiger partial charge in [-0.1, -0.05) is 11.6 Å². The Balaban J connectivity index is 2.07. The molecule has 0 aromatic heterocycles. The minimum Gasteiger partial charge on any atom is -0.480 e. The molecule has 1 aliphatic heterocycles. The number of fused-ring (bicyclic) bond motifs is 1. The number of hydrogen-bond donors (Lipinski definition) is 1. The van der Waals surface area contributed by atoms with Gasteiger partial charge in [-0.15, -0.1) is 11.8 Å². The van der Waals surface area contributed by atoms with E-state index in [0.717, 1.165) is 5.56 Å². The monoisotopic (exact) mass is 274 g/mol. The van der Waals surface area contributed by atoms with Gasteiger partial charge in [-0.3, -0.25) is 4.79 Å². The second kappa shape index (κ2) is 5.06. The summed E-state index contributed by atoms with van der Waals surface area (Å²) in [6, 6.07) is 3.60. The molecule has 2 rings (SSSR count). The predicted molar refractivity (Wildman–Crippen MR) is 66.0 cm³/mol. The van der Waals surface area contributed by atoms with E-state index in [4.69, 9.17) is 26.2 Å². The molecule has 0 saturated carbocycles. The summed E-state index contributed by atoms with van der Waals surface area (Å²) < 4.78 is 10.4. The minimum absolute atomic E-state index is 0.178. The fourth-order valence-corrected chi connectivity index (χ4v) is 2.44. The van der Waals surface area contributed by atoms with E-state index in [2.05, 4.69) is 0 Å². The molecule has 1 unspecified atom stereocenters. The van der Waals surface area contributed by atoms with Gasteiger partial charge in [0.05, 0.1) is 10.3 Å². The lowest BCUT2D eigenvalue weighted by Gasteiger charge is -2.07. The van der Waals surface area contributed by atoms with Crippen molar-refractivity contribution in [3.63, 3.8) is 0 Å². The van der Waals surface area contributed by atoms with E-state index in [1.807, 2.05) is 6.07 Å². The summed E-state index contributed by atoms with van der Waals surface area (Å²) in [7, 11) is 0. The number of hydrogen-bond acceptors (Lipinski definition) is 4. The van der Waals surface area contributed by atoms with Gasteiger partial charge in [0.25, 0.3) is 0 Å². The molecular weight excluding hydrogens is 264 g/mol. The molecule has 0 radical (unpaired) electrons. The predicted octanol–water partition coefficient (Wildman–Crippen LogP) is 2.78. The average Bonchev–Trinajstić information content (AvgIpc) is 2.74. The molecule has 0 bridgehead atoms. The van der Waals surface area contributed by atoms with Crippen LogP contribution in [0, 0.1) is 0 Å². The maximum Gasteiger partial charge on any atom is 0.316 e. The van der Waals surface area contributed by atoms with Crippen LogP contribution in [-0.4, -0.2) is 23.1 Å². The van der Waals surface area contributed by atoms with Crippen LogP contribution < -0.4 is 9.47 Å². The fourth-order valence-electron chi connectivity index (χ4n) is 1.40. The molecule has 0 spiro atoms. The number of carbonyl (C=O) groups is 1. The van der Waals surface area contributed by atoms with Crippen LogP contribution in [0.25, 0.3) is 0 Å². The molecule has 1 N–H and O–H groups in total. The molecule has 92 valence electrons. The van der Waals surface area contributed by atoms with E-state index in [-0.39, 0.29) is 6.79 Å². The Morgan fingerprint density at radius 1 is 1.59 bits per heavy atom. The average molecular weight is 275 g/mol. The van der Waals surface area contributed by atoms with Gasteiger partial charge in [-0.2, -0.15) is 0 Å². The SMILES string of the molecule is CC(SCc1cc(Cl)c2c(c1)OCO2)C(=O)O. The summed E-state index contributed by atoms with van der Waals surface area (Å²) in [5, 5.41) is 8.83. The first kappa shape index (κ1) is 12.4. The number of benzene rings is 1. The van der Waals surface area contributed by atoms with Crippen molar-refractivity contribution in [3.8, 4) is 11.5 Å². The van der Waals surface area contributed by atoms with Gasteiger partial charge < -0.3 is 14.6 Å². The summed E-state index contributed by atoms with van der Waals surface area (Å²) >= 11 is 7.36.